The molecule has 304 valence electrons. The molecule has 0 amide bonds. The molecule has 0 saturated heterocycles. The molecule has 0 rings (SSSR count). The lowest BCUT2D eigenvalue weighted by atomic mass is 10.1. The number of carbonyl (C=O) groups is 2. The minimum absolute atomic E-state index is 0.0291. The molecule has 0 aliphatic rings. The highest BCUT2D eigenvalue weighted by Crippen LogP contribution is 2.43. The summed E-state index contributed by atoms with van der Waals surface area (Å²) in [4.78, 5) is 35.2. The summed E-state index contributed by atoms with van der Waals surface area (Å²) in [5.74, 6) is -0.816. The topological polar surface area (TPSA) is 108 Å². The quantitative estimate of drug-likeness (QED) is 0.0219. The molecule has 1 N–H and O–H groups in total. The Morgan fingerprint density at radius 3 is 1.58 bits per heavy atom. The lowest BCUT2D eigenvalue weighted by Crippen LogP contribution is -2.37. The van der Waals surface area contributed by atoms with Crippen LogP contribution in [0.4, 0.5) is 0 Å². The molecule has 0 aromatic carbocycles. The zero-order valence-corrected chi connectivity index (χ0v) is 34.9. The molecule has 0 aromatic heterocycles. The fourth-order valence-electron chi connectivity index (χ4n) is 5.37. The van der Waals surface area contributed by atoms with E-state index in [-0.39, 0.29) is 32.0 Å². The van der Waals surface area contributed by atoms with Crippen LogP contribution in [0.2, 0.25) is 0 Å². The predicted octanol–water partition coefficient (Wildman–Crippen LogP) is 11.4. The minimum Gasteiger partial charge on any atom is -0.462 e. The molecule has 2 atom stereocenters. The monoisotopic (exact) mass is 757 g/mol. The Kier molecular flexibility index (Phi) is 33.8. The van der Waals surface area contributed by atoms with Crippen molar-refractivity contribution in [2.75, 3.05) is 47.5 Å². The van der Waals surface area contributed by atoms with E-state index in [4.69, 9.17) is 18.5 Å². The van der Waals surface area contributed by atoms with Crippen molar-refractivity contribution < 1.29 is 42.1 Å². The Labute approximate surface area is 319 Å². The lowest BCUT2D eigenvalue weighted by molar-refractivity contribution is -0.870. The van der Waals surface area contributed by atoms with Crippen LogP contribution in [0.15, 0.2) is 36.5 Å². The van der Waals surface area contributed by atoms with E-state index in [0.29, 0.717) is 17.4 Å². The summed E-state index contributed by atoms with van der Waals surface area (Å²) < 4.78 is 34.2. The number of likely N-dealkylation sites (N-methyl/N-ethyl adjacent to an activating group) is 1. The number of phosphoric acid groups is 1. The fourth-order valence-corrected chi connectivity index (χ4v) is 6.11. The third-order valence-corrected chi connectivity index (χ3v) is 9.66. The molecule has 0 aromatic rings. The number of nitrogens with zero attached hydrogens (tertiary/aromatic N) is 1. The molecule has 2 unspecified atom stereocenters. The van der Waals surface area contributed by atoms with Crippen molar-refractivity contribution in [2.24, 2.45) is 0 Å². The summed E-state index contributed by atoms with van der Waals surface area (Å²) in [5.41, 5.74) is 0. The molecule has 9 nitrogen and oxygen atoms in total. The van der Waals surface area contributed by atoms with Crippen LogP contribution in [-0.2, 0) is 32.7 Å². The molecule has 0 aliphatic carbocycles. The van der Waals surface area contributed by atoms with Crippen LogP contribution < -0.4 is 0 Å². The van der Waals surface area contributed by atoms with Gasteiger partial charge in [0.2, 0.25) is 0 Å². The van der Waals surface area contributed by atoms with E-state index in [0.717, 1.165) is 70.6 Å². The summed E-state index contributed by atoms with van der Waals surface area (Å²) in [5, 5.41) is 0. The first-order chi connectivity index (χ1) is 25.0. The largest absolute Gasteiger partial charge is 0.472 e. The summed E-state index contributed by atoms with van der Waals surface area (Å²) in [7, 11) is 1.46. The number of phosphoric ester groups is 1. The van der Waals surface area contributed by atoms with E-state index < -0.39 is 26.5 Å². The van der Waals surface area contributed by atoms with Crippen molar-refractivity contribution >= 4 is 19.8 Å². The van der Waals surface area contributed by atoms with E-state index in [1.807, 2.05) is 21.1 Å². The molecular formula is C42H79NO8P+. The Morgan fingerprint density at radius 2 is 1.04 bits per heavy atom. The van der Waals surface area contributed by atoms with E-state index >= 15 is 0 Å². The maximum atomic E-state index is 12.6. The van der Waals surface area contributed by atoms with E-state index in [1.165, 1.54) is 64.2 Å². The highest BCUT2D eigenvalue weighted by Gasteiger charge is 2.27. The molecule has 0 fully saturated rings. The van der Waals surface area contributed by atoms with Gasteiger partial charge in [-0.15, -0.1) is 0 Å². The van der Waals surface area contributed by atoms with Crippen molar-refractivity contribution in [2.45, 2.75) is 174 Å². The number of ether oxygens (including phenoxy) is 2. The number of carbonyl (C=O) groups excluding carboxylic acids is 2. The number of esters is 2. The van der Waals surface area contributed by atoms with Crippen LogP contribution >= 0.6 is 7.82 Å². The van der Waals surface area contributed by atoms with Gasteiger partial charge in [0.15, 0.2) is 6.10 Å². The summed E-state index contributed by atoms with van der Waals surface area (Å²) in [6, 6.07) is 0. The first-order valence-corrected chi connectivity index (χ1v) is 22.2. The van der Waals surface area contributed by atoms with Gasteiger partial charge in [-0.1, -0.05) is 140 Å². The van der Waals surface area contributed by atoms with Crippen LogP contribution in [0.1, 0.15) is 168 Å². The van der Waals surface area contributed by atoms with Crippen molar-refractivity contribution in [1.29, 1.82) is 0 Å². The number of unbranched alkanes of at least 4 members (excludes halogenated alkanes) is 17. The standard InChI is InChI=1S/C42H78NO8P/c1-6-8-10-12-14-16-17-18-19-20-21-22-23-24-25-27-29-31-33-35-42(45)51-40(39-50-52(46,47)49-37-36-43(3,4)5)38-48-41(44)34-32-30-28-26-15-13-11-9-7-2/h14,16,18-19,21-22,40H,6-13,15,17,20,23-39H2,1-5H3/p+1/b16-14-,19-18-,22-21-. The van der Waals surface area contributed by atoms with Crippen LogP contribution in [0, 0.1) is 0 Å². The molecule has 0 aliphatic heterocycles. The van der Waals surface area contributed by atoms with Crippen molar-refractivity contribution in [3.8, 4) is 0 Å². The average Bonchev–Trinajstić information content (AvgIpc) is 3.09. The minimum atomic E-state index is -4.37. The van der Waals surface area contributed by atoms with Crippen LogP contribution in [0.25, 0.3) is 0 Å². The SMILES string of the molecule is CCCCC/C=C\C/C=C\C/C=C\CCCCCCCCC(=O)OC(COC(=O)CCCCCCCCCCC)COP(=O)(O)OCC[N+](C)(C)C. The number of hydrogen-bond donors (Lipinski definition) is 1. The van der Waals surface area contributed by atoms with Crippen molar-refractivity contribution in [3.05, 3.63) is 36.5 Å². The second-order valence-electron chi connectivity index (χ2n) is 15.0. The molecular weight excluding hydrogens is 677 g/mol. The van der Waals surface area contributed by atoms with E-state index in [9.17, 15) is 19.0 Å². The highest BCUT2D eigenvalue weighted by molar-refractivity contribution is 7.47. The Hall–Kier alpha value is -1.77. The molecule has 0 radical (unpaired) electrons. The predicted molar refractivity (Wildman–Crippen MR) is 215 cm³/mol. The third-order valence-electron chi connectivity index (χ3n) is 8.67. The molecule has 0 saturated carbocycles. The van der Waals surface area contributed by atoms with Crippen LogP contribution in [-0.4, -0.2) is 74.9 Å². The normalized spacial score (nSPS) is 14.0. The molecule has 0 spiro atoms. The second kappa shape index (κ2) is 35.0. The summed E-state index contributed by atoms with van der Waals surface area (Å²) >= 11 is 0. The van der Waals surface area contributed by atoms with Gasteiger partial charge in [0.05, 0.1) is 27.7 Å². The number of allylic oxidation sites excluding steroid dienone is 6. The summed E-state index contributed by atoms with van der Waals surface area (Å²) in [6.07, 6.45) is 37.6. The zero-order chi connectivity index (χ0) is 38.6. The van der Waals surface area contributed by atoms with Gasteiger partial charge < -0.3 is 18.9 Å². The smallest absolute Gasteiger partial charge is 0.462 e. The first kappa shape index (κ1) is 50.2. The lowest BCUT2D eigenvalue weighted by Gasteiger charge is -2.24. The van der Waals surface area contributed by atoms with Gasteiger partial charge in [0.1, 0.15) is 19.8 Å². The van der Waals surface area contributed by atoms with Gasteiger partial charge >= 0.3 is 19.8 Å². The van der Waals surface area contributed by atoms with E-state index in [2.05, 4.69) is 50.3 Å². The second-order valence-corrected chi connectivity index (χ2v) is 16.5. The zero-order valence-electron chi connectivity index (χ0n) is 34.0. The molecule has 0 bridgehead atoms. The number of quaternary nitrogens is 1. The van der Waals surface area contributed by atoms with Crippen LogP contribution in [0.5, 0.6) is 0 Å². The Bertz CT molecular complexity index is 991. The van der Waals surface area contributed by atoms with E-state index in [1.54, 1.807) is 0 Å². The van der Waals surface area contributed by atoms with Gasteiger partial charge in [-0.3, -0.25) is 18.6 Å². The van der Waals surface area contributed by atoms with Gasteiger partial charge in [-0.2, -0.15) is 0 Å². The highest BCUT2D eigenvalue weighted by atomic mass is 31.2. The molecule has 52 heavy (non-hydrogen) atoms. The van der Waals surface area contributed by atoms with Gasteiger partial charge in [-0.25, -0.2) is 4.57 Å². The molecule has 10 heteroatoms. The van der Waals surface area contributed by atoms with Crippen molar-refractivity contribution in [3.63, 3.8) is 0 Å². The Morgan fingerprint density at radius 1 is 0.596 bits per heavy atom. The Balaban J connectivity index is 4.37. The van der Waals surface area contributed by atoms with Gasteiger partial charge in [0, 0.05) is 12.8 Å². The number of hydrogen-bond acceptors (Lipinski definition) is 7. The molecule has 0 heterocycles. The van der Waals surface area contributed by atoms with Gasteiger partial charge in [0.25, 0.3) is 0 Å². The maximum Gasteiger partial charge on any atom is 0.472 e. The first-order valence-electron chi connectivity index (χ1n) is 20.7. The average molecular weight is 757 g/mol. The summed E-state index contributed by atoms with van der Waals surface area (Å²) in [6.45, 7) is 4.35. The fraction of sp³-hybridized carbons (Fsp3) is 0.810. The van der Waals surface area contributed by atoms with Crippen LogP contribution in [0.3, 0.4) is 0 Å². The van der Waals surface area contributed by atoms with Gasteiger partial charge in [-0.05, 0) is 51.4 Å². The maximum absolute atomic E-state index is 12.6. The third kappa shape index (κ3) is 38.0. The van der Waals surface area contributed by atoms with Crippen molar-refractivity contribution in [1.82, 2.24) is 0 Å². The number of rotatable bonds is 37.